The highest BCUT2D eigenvalue weighted by molar-refractivity contribution is 6.39. The molecule has 1 aliphatic carbocycles. The summed E-state index contributed by atoms with van der Waals surface area (Å²) in [5.74, 6) is 1.63. The van der Waals surface area contributed by atoms with Gasteiger partial charge in [0, 0.05) is 42.8 Å². The molecule has 6 rings (SSSR count). The number of fused-ring (bicyclic) bond motifs is 1. The Balaban J connectivity index is 1.24. The molecular formula is C25H22Cl2N6O3. The Kier molecular flexibility index (Phi) is 5.78. The van der Waals surface area contributed by atoms with E-state index in [9.17, 15) is 4.79 Å². The van der Waals surface area contributed by atoms with E-state index in [-0.39, 0.29) is 17.1 Å². The van der Waals surface area contributed by atoms with Crippen molar-refractivity contribution in [1.29, 1.82) is 0 Å². The second-order valence-electron chi connectivity index (χ2n) is 9.10. The summed E-state index contributed by atoms with van der Waals surface area (Å²) in [5, 5.41) is 12.9. The molecule has 1 saturated heterocycles. The van der Waals surface area contributed by atoms with Crippen LogP contribution in [-0.4, -0.2) is 43.5 Å². The summed E-state index contributed by atoms with van der Waals surface area (Å²) >= 11 is 12.7. The fourth-order valence-corrected chi connectivity index (χ4v) is 5.27. The Hall–Kier alpha value is -3.27. The van der Waals surface area contributed by atoms with Crippen molar-refractivity contribution >= 4 is 46.0 Å². The monoisotopic (exact) mass is 524 g/mol. The van der Waals surface area contributed by atoms with Gasteiger partial charge in [-0.05, 0) is 43.5 Å². The van der Waals surface area contributed by atoms with Crippen molar-refractivity contribution in [3.8, 4) is 17.0 Å². The summed E-state index contributed by atoms with van der Waals surface area (Å²) in [4.78, 5) is 22.0. The number of aromatic nitrogens is 5. The van der Waals surface area contributed by atoms with Crippen molar-refractivity contribution in [2.75, 3.05) is 18.5 Å². The lowest BCUT2D eigenvalue weighted by Crippen LogP contribution is -2.30. The number of ether oxygens (including phenoxy) is 2. The first-order chi connectivity index (χ1) is 17.4. The molecule has 4 aromatic rings. The van der Waals surface area contributed by atoms with Gasteiger partial charge in [0.25, 0.3) is 5.56 Å². The van der Waals surface area contributed by atoms with Gasteiger partial charge < -0.3 is 14.8 Å². The zero-order valence-corrected chi connectivity index (χ0v) is 20.9. The van der Waals surface area contributed by atoms with Crippen LogP contribution in [-0.2, 0) is 11.8 Å². The summed E-state index contributed by atoms with van der Waals surface area (Å²) < 4.78 is 13.1. The number of benzene rings is 1. The SMILES string of the molecule is Cn1c(=O)c(-c2c(Cl)cccc2Cl)cc2cnc(Nc3ccc(OC4(C5CCOC5)CC4)nn3)nc21. The number of halogens is 2. The maximum Gasteiger partial charge on any atom is 0.259 e. The number of anilines is 2. The molecule has 0 amide bonds. The van der Waals surface area contributed by atoms with Crippen LogP contribution in [0, 0.1) is 5.92 Å². The van der Waals surface area contributed by atoms with E-state index in [0.717, 1.165) is 32.5 Å². The van der Waals surface area contributed by atoms with Gasteiger partial charge in [0.1, 0.15) is 11.2 Å². The lowest BCUT2D eigenvalue weighted by atomic mass is 9.99. The van der Waals surface area contributed by atoms with Crippen LogP contribution in [0.3, 0.4) is 0 Å². The number of hydrogen-bond donors (Lipinski definition) is 1. The van der Waals surface area contributed by atoms with E-state index >= 15 is 0 Å². The molecule has 36 heavy (non-hydrogen) atoms. The fraction of sp³-hybridized carbons (Fsp3) is 0.320. The van der Waals surface area contributed by atoms with Gasteiger partial charge in [0.05, 0.1) is 22.2 Å². The predicted octanol–water partition coefficient (Wildman–Crippen LogP) is 4.78. The van der Waals surface area contributed by atoms with E-state index in [1.54, 1.807) is 49.6 Å². The molecule has 1 aromatic carbocycles. The number of nitrogens with zero attached hydrogens (tertiary/aromatic N) is 5. The molecule has 4 heterocycles. The smallest absolute Gasteiger partial charge is 0.259 e. The number of aryl methyl sites for hydroxylation is 1. The normalized spacial score (nSPS) is 18.4. The maximum atomic E-state index is 13.1. The Morgan fingerprint density at radius 3 is 2.64 bits per heavy atom. The minimum absolute atomic E-state index is 0.167. The van der Waals surface area contributed by atoms with E-state index in [4.69, 9.17) is 32.7 Å². The van der Waals surface area contributed by atoms with Crippen molar-refractivity contribution in [2.45, 2.75) is 24.9 Å². The molecule has 184 valence electrons. The number of nitrogens with one attached hydrogen (secondary N) is 1. The van der Waals surface area contributed by atoms with Crippen molar-refractivity contribution in [1.82, 2.24) is 24.7 Å². The molecule has 11 heteroatoms. The molecule has 3 aromatic heterocycles. The summed E-state index contributed by atoms with van der Waals surface area (Å²) in [6.45, 7) is 1.53. The molecule has 2 fully saturated rings. The minimum Gasteiger partial charge on any atom is -0.470 e. The molecule has 1 saturated carbocycles. The molecule has 0 radical (unpaired) electrons. The third-order valence-electron chi connectivity index (χ3n) is 6.78. The van der Waals surface area contributed by atoms with Crippen molar-refractivity contribution in [3.63, 3.8) is 0 Å². The van der Waals surface area contributed by atoms with Crippen LogP contribution < -0.4 is 15.6 Å². The minimum atomic E-state index is -0.273. The van der Waals surface area contributed by atoms with Gasteiger partial charge in [0.2, 0.25) is 11.8 Å². The average Bonchev–Trinajstić information content (AvgIpc) is 3.42. The number of rotatable bonds is 6. The maximum absolute atomic E-state index is 13.1. The lowest BCUT2D eigenvalue weighted by molar-refractivity contribution is 0.0864. The van der Waals surface area contributed by atoms with Crippen LogP contribution in [0.15, 0.2) is 47.4 Å². The molecule has 2 aliphatic rings. The Labute approximate surface area is 216 Å². The lowest BCUT2D eigenvalue weighted by Gasteiger charge is -2.22. The summed E-state index contributed by atoms with van der Waals surface area (Å²) in [6.07, 6.45) is 4.67. The zero-order valence-electron chi connectivity index (χ0n) is 19.4. The number of hydrogen-bond acceptors (Lipinski definition) is 8. The molecule has 1 unspecified atom stereocenters. The first-order valence-corrected chi connectivity index (χ1v) is 12.4. The average molecular weight is 525 g/mol. The highest BCUT2D eigenvalue weighted by Gasteiger charge is 2.53. The van der Waals surface area contributed by atoms with Crippen LogP contribution in [0.25, 0.3) is 22.2 Å². The van der Waals surface area contributed by atoms with Gasteiger partial charge in [-0.25, -0.2) is 4.98 Å². The van der Waals surface area contributed by atoms with Gasteiger partial charge in [-0.2, -0.15) is 4.98 Å². The fourth-order valence-electron chi connectivity index (χ4n) is 4.67. The molecule has 1 N–H and O–H groups in total. The quantitative estimate of drug-likeness (QED) is 0.384. The first-order valence-electron chi connectivity index (χ1n) is 11.6. The Bertz CT molecular complexity index is 1500. The van der Waals surface area contributed by atoms with Crippen molar-refractivity contribution < 1.29 is 9.47 Å². The predicted molar refractivity (Wildman–Crippen MR) is 137 cm³/mol. The molecule has 1 atom stereocenters. The van der Waals surface area contributed by atoms with Crippen molar-refractivity contribution in [3.05, 3.63) is 63.0 Å². The van der Waals surface area contributed by atoms with Crippen LogP contribution in [0.2, 0.25) is 10.0 Å². The number of pyridine rings is 1. The van der Waals surface area contributed by atoms with Gasteiger partial charge in [-0.15, -0.1) is 10.2 Å². The van der Waals surface area contributed by atoms with Gasteiger partial charge in [0.15, 0.2) is 5.82 Å². The van der Waals surface area contributed by atoms with Crippen LogP contribution in [0.1, 0.15) is 19.3 Å². The van der Waals surface area contributed by atoms with E-state index in [2.05, 4.69) is 25.5 Å². The molecular weight excluding hydrogens is 503 g/mol. The Morgan fingerprint density at radius 1 is 1.17 bits per heavy atom. The third-order valence-corrected chi connectivity index (χ3v) is 7.41. The zero-order chi connectivity index (χ0) is 24.9. The second-order valence-corrected chi connectivity index (χ2v) is 9.91. The van der Waals surface area contributed by atoms with Gasteiger partial charge >= 0.3 is 0 Å². The highest BCUT2D eigenvalue weighted by Crippen LogP contribution is 2.48. The summed E-state index contributed by atoms with van der Waals surface area (Å²) in [7, 11) is 1.64. The van der Waals surface area contributed by atoms with Crippen LogP contribution in [0.4, 0.5) is 11.8 Å². The topological polar surface area (TPSA) is 104 Å². The standard InChI is InChI=1S/C25H22Cl2N6O3/c1-33-22-14(11-16(23(33)34)21-17(26)3-2-4-18(21)27)12-28-24(30-22)29-19-5-6-20(32-31-19)36-25(8-9-25)15-7-10-35-13-15/h2-6,11-12,15H,7-10,13H2,1H3,(H,28,29,30,31). The Morgan fingerprint density at radius 2 is 1.97 bits per heavy atom. The third kappa shape index (κ3) is 4.17. The summed E-state index contributed by atoms with van der Waals surface area (Å²) in [5.41, 5.74) is 0.872. The van der Waals surface area contributed by atoms with Gasteiger partial charge in [-0.3, -0.25) is 9.36 Å². The largest absolute Gasteiger partial charge is 0.470 e. The molecule has 9 nitrogen and oxygen atoms in total. The molecule has 0 spiro atoms. The first kappa shape index (κ1) is 23.1. The van der Waals surface area contributed by atoms with E-state index in [1.807, 2.05) is 0 Å². The van der Waals surface area contributed by atoms with Crippen LogP contribution in [0.5, 0.6) is 5.88 Å². The van der Waals surface area contributed by atoms with E-state index in [1.165, 1.54) is 4.57 Å². The van der Waals surface area contributed by atoms with Crippen LogP contribution >= 0.6 is 23.2 Å². The summed E-state index contributed by atoms with van der Waals surface area (Å²) in [6, 6.07) is 10.4. The van der Waals surface area contributed by atoms with Crippen molar-refractivity contribution in [2.24, 2.45) is 13.0 Å². The highest BCUT2D eigenvalue weighted by atomic mass is 35.5. The van der Waals surface area contributed by atoms with E-state index in [0.29, 0.717) is 49.8 Å². The molecule has 0 bridgehead atoms. The second kappa shape index (κ2) is 8.99. The van der Waals surface area contributed by atoms with Gasteiger partial charge in [-0.1, -0.05) is 29.3 Å². The van der Waals surface area contributed by atoms with E-state index < -0.39 is 0 Å². The molecule has 1 aliphatic heterocycles.